The number of nitrogens with one attached hydrogen (secondary N) is 3. The number of fused-ring (bicyclic) bond motifs is 1. The molecular weight excluding hydrogens is 451 g/mol. The Morgan fingerprint density at radius 2 is 1.91 bits per heavy atom. The molecule has 0 radical (unpaired) electrons. The molecule has 0 spiro atoms. The van der Waals surface area contributed by atoms with E-state index in [1.54, 1.807) is 19.1 Å². The fourth-order valence-corrected chi connectivity index (χ4v) is 3.60. The van der Waals surface area contributed by atoms with Gasteiger partial charge in [0.2, 0.25) is 17.8 Å². The van der Waals surface area contributed by atoms with Crippen LogP contribution in [0.5, 0.6) is 0 Å². The number of alkyl halides is 3. The lowest BCUT2D eigenvalue weighted by atomic mass is 10.1. The van der Waals surface area contributed by atoms with Gasteiger partial charge in [-0.1, -0.05) is 19.1 Å². The second kappa shape index (κ2) is 10.2. The molecule has 9 nitrogen and oxygen atoms in total. The van der Waals surface area contributed by atoms with E-state index < -0.39 is 12.6 Å². The maximum atomic E-state index is 13.1. The molecule has 0 bridgehead atoms. The van der Waals surface area contributed by atoms with Crippen LogP contribution in [0, 0.1) is 0 Å². The smallest absolute Gasteiger partial charge is 0.381 e. The fraction of sp³-hybridized carbons (Fsp3) is 0.455. The first-order valence-corrected chi connectivity index (χ1v) is 11.1. The van der Waals surface area contributed by atoms with E-state index in [4.69, 9.17) is 4.74 Å². The van der Waals surface area contributed by atoms with Crippen LogP contribution in [0.25, 0.3) is 5.65 Å². The van der Waals surface area contributed by atoms with Gasteiger partial charge in [-0.2, -0.15) is 32.8 Å². The normalized spacial score (nSPS) is 14.8. The van der Waals surface area contributed by atoms with Gasteiger partial charge in [0.05, 0.1) is 12.6 Å². The molecular formula is C22H26F3N7O2. The van der Waals surface area contributed by atoms with E-state index in [1.807, 2.05) is 12.1 Å². The first-order chi connectivity index (χ1) is 16.3. The van der Waals surface area contributed by atoms with E-state index in [-0.39, 0.29) is 35.1 Å². The largest absolute Gasteiger partial charge is 0.393 e. The number of carbonyl (C=O) groups is 1. The summed E-state index contributed by atoms with van der Waals surface area (Å²) in [5, 5.41) is 13.2. The summed E-state index contributed by atoms with van der Waals surface area (Å²) < 4.78 is 45.9. The molecule has 1 fully saturated rings. The zero-order chi connectivity index (χ0) is 24.1. The van der Waals surface area contributed by atoms with Gasteiger partial charge >= 0.3 is 6.18 Å². The predicted molar refractivity (Wildman–Crippen MR) is 121 cm³/mol. The van der Waals surface area contributed by atoms with Gasteiger partial charge in [-0.3, -0.25) is 4.79 Å². The van der Waals surface area contributed by atoms with Crippen molar-refractivity contribution >= 4 is 29.1 Å². The van der Waals surface area contributed by atoms with Gasteiger partial charge in [-0.25, -0.2) is 0 Å². The van der Waals surface area contributed by atoms with E-state index >= 15 is 0 Å². The zero-order valence-electron chi connectivity index (χ0n) is 18.7. The molecule has 1 saturated heterocycles. The minimum Gasteiger partial charge on any atom is -0.381 e. The van der Waals surface area contributed by atoms with Crippen LogP contribution in [0.2, 0.25) is 0 Å². The van der Waals surface area contributed by atoms with Crippen molar-refractivity contribution in [2.24, 2.45) is 0 Å². The molecule has 182 valence electrons. The second-order valence-electron chi connectivity index (χ2n) is 8.05. The Balaban J connectivity index is 1.56. The van der Waals surface area contributed by atoms with Gasteiger partial charge in [0, 0.05) is 43.5 Å². The summed E-state index contributed by atoms with van der Waals surface area (Å²) in [6.07, 6.45) is -2.44. The summed E-state index contributed by atoms with van der Waals surface area (Å²) in [7, 11) is 0. The lowest BCUT2D eigenvalue weighted by Crippen LogP contribution is -2.29. The van der Waals surface area contributed by atoms with Crippen LogP contribution in [0.1, 0.15) is 37.3 Å². The average Bonchev–Trinajstić information content (AvgIpc) is 3.20. The third-order valence-corrected chi connectivity index (χ3v) is 5.40. The summed E-state index contributed by atoms with van der Waals surface area (Å²) in [5.41, 5.74) is 1.65. The number of ether oxygens (including phenoxy) is 1. The molecule has 4 rings (SSSR count). The molecule has 1 aromatic carbocycles. The van der Waals surface area contributed by atoms with Crippen LogP contribution in [0.15, 0.2) is 30.5 Å². The van der Waals surface area contributed by atoms with E-state index in [9.17, 15) is 18.0 Å². The predicted octanol–water partition coefficient (Wildman–Crippen LogP) is 3.78. The van der Waals surface area contributed by atoms with Crippen LogP contribution in [-0.2, 0) is 22.5 Å². The number of nitrogens with zero attached hydrogens (tertiary/aromatic N) is 4. The number of benzene rings is 1. The maximum Gasteiger partial charge on any atom is 0.393 e. The Kier molecular flexibility index (Phi) is 7.15. The quantitative estimate of drug-likeness (QED) is 0.453. The standard InChI is InChI=1S/C22H26F3N7O2/c1-2-18(33)28-16-5-3-14(4-6-16)12-26-21-31-20(29-17-7-9-34-10-8-17)30-19-15(11-22(23,24)25)13-27-32(19)21/h3-6,13,17H,2,7-12H2,1H3,(H,28,33)(H2,26,29,30,31). The van der Waals surface area contributed by atoms with Gasteiger partial charge in [-0.15, -0.1) is 0 Å². The minimum atomic E-state index is -4.38. The summed E-state index contributed by atoms with van der Waals surface area (Å²) >= 11 is 0. The highest BCUT2D eigenvalue weighted by Crippen LogP contribution is 2.25. The highest BCUT2D eigenvalue weighted by Gasteiger charge is 2.30. The zero-order valence-corrected chi connectivity index (χ0v) is 18.7. The number of carbonyl (C=O) groups excluding carboxylic acids is 1. The number of halogens is 3. The molecule has 12 heteroatoms. The molecule has 1 amide bonds. The van der Waals surface area contributed by atoms with E-state index in [1.165, 1.54) is 10.7 Å². The molecule has 2 aromatic heterocycles. The highest BCUT2D eigenvalue weighted by molar-refractivity contribution is 5.90. The Morgan fingerprint density at radius 3 is 2.59 bits per heavy atom. The maximum absolute atomic E-state index is 13.1. The van der Waals surface area contributed by atoms with Crippen LogP contribution in [0.3, 0.4) is 0 Å². The fourth-order valence-electron chi connectivity index (χ4n) is 3.60. The minimum absolute atomic E-state index is 0.0241. The first-order valence-electron chi connectivity index (χ1n) is 11.1. The molecule has 1 aliphatic rings. The van der Waals surface area contributed by atoms with Crippen molar-refractivity contribution in [2.75, 3.05) is 29.2 Å². The number of aromatic nitrogens is 4. The second-order valence-corrected chi connectivity index (χ2v) is 8.05. The Morgan fingerprint density at radius 1 is 1.18 bits per heavy atom. The number of anilines is 3. The summed E-state index contributed by atoms with van der Waals surface area (Å²) in [6, 6.07) is 7.33. The van der Waals surface area contributed by atoms with Crippen molar-refractivity contribution in [3.63, 3.8) is 0 Å². The van der Waals surface area contributed by atoms with Crippen LogP contribution in [0.4, 0.5) is 30.8 Å². The Labute approximate surface area is 194 Å². The number of hydrogen-bond donors (Lipinski definition) is 3. The van der Waals surface area contributed by atoms with Gasteiger partial charge in [0.25, 0.3) is 0 Å². The van der Waals surface area contributed by atoms with Crippen LogP contribution < -0.4 is 16.0 Å². The lowest BCUT2D eigenvalue weighted by Gasteiger charge is -2.23. The summed E-state index contributed by atoms with van der Waals surface area (Å²) in [6.45, 7) is 3.33. The van der Waals surface area contributed by atoms with Crippen LogP contribution in [-0.4, -0.2) is 50.9 Å². The summed E-state index contributed by atoms with van der Waals surface area (Å²) in [5.74, 6) is 0.437. The van der Waals surface area contributed by atoms with Crippen molar-refractivity contribution < 1.29 is 22.7 Å². The number of amides is 1. The molecule has 34 heavy (non-hydrogen) atoms. The van der Waals surface area contributed by atoms with Crippen molar-refractivity contribution in [3.05, 3.63) is 41.6 Å². The Hall–Kier alpha value is -3.41. The molecule has 0 unspecified atom stereocenters. The van der Waals surface area contributed by atoms with Gasteiger partial charge in [-0.05, 0) is 30.5 Å². The topological polar surface area (TPSA) is 105 Å². The number of hydrogen-bond acceptors (Lipinski definition) is 7. The van der Waals surface area contributed by atoms with E-state index in [0.717, 1.165) is 18.4 Å². The van der Waals surface area contributed by atoms with E-state index in [0.29, 0.717) is 31.9 Å². The SMILES string of the molecule is CCC(=O)Nc1ccc(CNc2nc(NC3CCOCC3)nc3c(CC(F)(F)F)cnn23)cc1. The molecule has 0 saturated carbocycles. The lowest BCUT2D eigenvalue weighted by molar-refractivity contribution is -0.127. The third-order valence-electron chi connectivity index (χ3n) is 5.40. The van der Waals surface area contributed by atoms with Gasteiger partial charge < -0.3 is 20.7 Å². The van der Waals surface area contributed by atoms with Crippen molar-refractivity contribution in [3.8, 4) is 0 Å². The monoisotopic (exact) mass is 477 g/mol. The molecule has 3 heterocycles. The third kappa shape index (κ3) is 6.13. The van der Waals surface area contributed by atoms with Crippen molar-refractivity contribution in [1.82, 2.24) is 19.6 Å². The molecule has 1 aliphatic heterocycles. The molecule has 3 aromatic rings. The highest BCUT2D eigenvalue weighted by atomic mass is 19.4. The van der Waals surface area contributed by atoms with Crippen molar-refractivity contribution in [2.45, 2.75) is 51.4 Å². The average molecular weight is 477 g/mol. The number of rotatable bonds is 8. The van der Waals surface area contributed by atoms with Gasteiger partial charge in [0.1, 0.15) is 0 Å². The first kappa shape index (κ1) is 23.7. The van der Waals surface area contributed by atoms with Crippen LogP contribution >= 0.6 is 0 Å². The molecule has 0 aliphatic carbocycles. The summed E-state index contributed by atoms with van der Waals surface area (Å²) in [4.78, 5) is 20.3. The van der Waals surface area contributed by atoms with E-state index in [2.05, 4.69) is 31.0 Å². The van der Waals surface area contributed by atoms with Gasteiger partial charge in [0.15, 0.2) is 5.65 Å². The Bertz CT molecular complexity index is 1130. The molecule has 0 atom stereocenters. The van der Waals surface area contributed by atoms with Crippen molar-refractivity contribution in [1.29, 1.82) is 0 Å². The molecule has 3 N–H and O–H groups in total.